The van der Waals surface area contributed by atoms with Crippen molar-refractivity contribution in [1.82, 2.24) is 4.90 Å². The maximum Gasteiger partial charge on any atom is 0.226 e. The lowest BCUT2D eigenvalue weighted by Gasteiger charge is -2.37. The molecule has 0 aliphatic carbocycles. The monoisotopic (exact) mass is 219 g/mol. The summed E-state index contributed by atoms with van der Waals surface area (Å²) >= 11 is 0. The standard InChI is InChI=1S/C8H13NO4S/c10-7-3-9(4-7)8(11)6-1-2-14(12,13)5-6/h6-7,10H,1-5H2. The van der Waals surface area contributed by atoms with E-state index in [1.807, 2.05) is 0 Å². The van der Waals surface area contributed by atoms with E-state index in [0.29, 0.717) is 19.5 Å². The molecule has 80 valence electrons. The predicted octanol–water partition coefficient (Wildman–Crippen LogP) is -1.38. The van der Waals surface area contributed by atoms with Crippen LogP contribution in [0.3, 0.4) is 0 Å². The van der Waals surface area contributed by atoms with Crippen molar-refractivity contribution in [1.29, 1.82) is 0 Å². The molecule has 2 saturated heterocycles. The number of hydrogen-bond donors (Lipinski definition) is 1. The lowest BCUT2D eigenvalue weighted by Crippen LogP contribution is -2.55. The van der Waals surface area contributed by atoms with Crippen LogP contribution in [0.15, 0.2) is 0 Å². The van der Waals surface area contributed by atoms with Gasteiger partial charge in [-0.25, -0.2) is 8.42 Å². The first-order valence-electron chi connectivity index (χ1n) is 4.65. The zero-order valence-electron chi connectivity index (χ0n) is 7.72. The number of β-amino-alcohol motifs (C(OH)–C–C–N with tert-alkyl or cyclic N) is 1. The second-order valence-electron chi connectivity index (χ2n) is 4.00. The average Bonchev–Trinajstić information content (AvgIpc) is 2.39. The normalized spacial score (nSPS) is 31.5. The van der Waals surface area contributed by atoms with Crippen molar-refractivity contribution >= 4 is 15.7 Å². The van der Waals surface area contributed by atoms with Gasteiger partial charge in [0.2, 0.25) is 5.91 Å². The van der Waals surface area contributed by atoms with Gasteiger partial charge in [0.1, 0.15) is 0 Å². The number of carbonyl (C=O) groups excluding carboxylic acids is 1. The molecule has 2 aliphatic heterocycles. The quantitative estimate of drug-likeness (QED) is 0.590. The molecule has 0 aromatic carbocycles. The predicted molar refractivity (Wildman–Crippen MR) is 49.3 cm³/mol. The Balaban J connectivity index is 1.94. The molecule has 6 heteroatoms. The van der Waals surface area contributed by atoms with E-state index in [9.17, 15) is 13.2 Å². The van der Waals surface area contributed by atoms with E-state index in [0.717, 1.165) is 0 Å². The molecule has 1 N–H and O–H groups in total. The Morgan fingerprint density at radius 1 is 1.36 bits per heavy atom. The van der Waals surface area contributed by atoms with E-state index < -0.39 is 15.9 Å². The topological polar surface area (TPSA) is 74.7 Å². The van der Waals surface area contributed by atoms with E-state index in [1.54, 1.807) is 0 Å². The fourth-order valence-corrected chi connectivity index (χ4v) is 3.62. The van der Waals surface area contributed by atoms with E-state index in [4.69, 9.17) is 5.11 Å². The average molecular weight is 219 g/mol. The van der Waals surface area contributed by atoms with Crippen LogP contribution in [0.25, 0.3) is 0 Å². The van der Waals surface area contributed by atoms with Crippen molar-refractivity contribution in [2.24, 2.45) is 5.92 Å². The van der Waals surface area contributed by atoms with Gasteiger partial charge in [-0.2, -0.15) is 0 Å². The molecule has 2 aliphatic rings. The molecule has 14 heavy (non-hydrogen) atoms. The molecule has 0 spiro atoms. The molecular weight excluding hydrogens is 206 g/mol. The Morgan fingerprint density at radius 3 is 2.43 bits per heavy atom. The minimum absolute atomic E-state index is 0.0154. The maximum atomic E-state index is 11.6. The Labute approximate surface area is 82.6 Å². The highest BCUT2D eigenvalue weighted by Crippen LogP contribution is 2.22. The van der Waals surface area contributed by atoms with Crippen molar-refractivity contribution in [3.05, 3.63) is 0 Å². The SMILES string of the molecule is O=C(C1CCS(=O)(=O)C1)N1CC(O)C1. The summed E-state index contributed by atoms with van der Waals surface area (Å²) in [7, 11) is -2.98. The van der Waals surface area contributed by atoms with Crippen LogP contribution in [-0.2, 0) is 14.6 Å². The zero-order valence-corrected chi connectivity index (χ0v) is 8.53. The summed E-state index contributed by atoms with van der Waals surface area (Å²) in [5.74, 6) is -0.373. The molecule has 0 saturated carbocycles. The third-order valence-electron chi connectivity index (χ3n) is 2.76. The number of hydrogen-bond acceptors (Lipinski definition) is 4. The molecule has 5 nitrogen and oxygen atoms in total. The van der Waals surface area contributed by atoms with Gasteiger partial charge in [0.25, 0.3) is 0 Å². The highest BCUT2D eigenvalue weighted by Gasteiger charge is 2.38. The highest BCUT2D eigenvalue weighted by atomic mass is 32.2. The number of amides is 1. The van der Waals surface area contributed by atoms with Crippen molar-refractivity contribution in [3.8, 4) is 0 Å². The summed E-state index contributed by atoms with van der Waals surface area (Å²) in [6, 6.07) is 0. The number of carbonyl (C=O) groups is 1. The van der Waals surface area contributed by atoms with Crippen molar-refractivity contribution in [2.75, 3.05) is 24.6 Å². The molecule has 2 heterocycles. The lowest BCUT2D eigenvalue weighted by molar-refractivity contribution is -0.144. The minimum atomic E-state index is -2.98. The van der Waals surface area contributed by atoms with Gasteiger partial charge in [0, 0.05) is 13.1 Å². The second-order valence-corrected chi connectivity index (χ2v) is 6.23. The number of sulfone groups is 1. The first-order valence-corrected chi connectivity index (χ1v) is 6.47. The van der Waals surface area contributed by atoms with Gasteiger partial charge in [-0.3, -0.25) is 4.79 Å². The van der Waals surface area contributed by atoms with Crippen LogP contribution in [-0.4, -0.2) is 55.0 Å². The van der Waals surface area contributed by atoms with Crippen molar-refractivity contribution < 1.29 is 18.3 Å². The van der Waals surface area contributed by atoms with Gasteiger partial charge in [-0.15, -0.1) is 0 Å². The Hall–Kier alpha value is -0.620. The molecule has 2 fully saturated rings. The lowest BCUT2D eigenvalue weighted by atomic mass is 10.0. The zero-order chi connectivity index (χ0) is 10.3. The number of rotatable bonds is 1. The van der Waals surface area contributed by atoms with Crippen LogP contribution < -0.4 is 0 Å². The second kappa shape index (κ2) is 3.20. The maximum absolute atomic E-state index is 11.6. The van der Waals surface area contributed by atoms with Crippen molar-refractivity contribution in [3.63, 3.8) is 0 Å². The number of aliphatic hydroxyl groups is 1. The van der Waals surface area contributed by atoms with Crippen LogP contribution in [0.1, 0.15) is 6.42 Å². The molecular formula is C8H13NO4S. The molecule has 0 radical (unpaired) electrons. The van der Waals surface area contributed by atoms with E-state index in [1.165, 1.54) is 4.90 Å². The fraction of sp³-hybridized carbons (Fsp3) is 0.875. The Morgan fingerprint density at radius 2 is 2.00 bits per heavy atom. The van der Waals surface area contributed by atoms with Gasteiger partial charge in [-0.05, 0) is 6.42 Å². The highest BCUT2D eigenvalue weighted by molar-refractivity contribution is 7.91. The van der Waals surface area contributed by atoms with E-state index in [-0.39, 0.29) is 23.3 Å². The first kappa shape index (κ1) is 9.92. The third kappa shape index (κ3) is 1.76. The van der Waals surface area contributed by atoms with Gasteiger partial charge < -0.3 is 10.0 Å². The summed E-state index contributed by atoms with van der Waals surface area (Å²) in [6.45, 7) is 0.713. The fourth-order valence-electron chi connectivity index (χ4n) is 1.88. The molecule has 2 rings (SSSR count). The summed E-state index contributed by atoms with van der Waals surface area (Å²) in [4.78, 5) is 13.1. The Bertz CT molecular complexity index is 344. The third-order valence-corrected chi connectivity index (χ3v) is 4.52. The molecule has 0 aromatic rings. The molecule has 1 unspecified atom stereocenters. The molecule has 1 amide bonds. The van der Waals surface area contributed by atoms with Gasteiger partial charge in [0.05, 0.1) is 23.5 Å². The van der Waals surface area contributed by atoms with Gasteiger partial charge in [0.15, 0.2) is 9.84 Å². The largest absolute Gasteiger partial charge is 0.389 e. The van der Waals surface area contributed by atoms with Gasteiger partial charge in [-0.1, -0.05) is 0 Å². The van der Waals surface area contributed by atoms with Crippen molar-refractivity contribution in [2.45, 2.75) is 12.5 Å². The summed E-state index contributed by atoms with van der Waals surface area (Å²) in [6.07, 6.45) is 0.0188. The number of nitrogens with zero attached hydrogens (tertiary/aromatic N) is 1. The van der Waals surface area contributed by atoms with Crippen LogP contribution in [0.5, 0.6) is 0 Å². The smallest absolute Gasteiger partial charge is 0.226 e. The summed E-state index contributed by atoms with van der Waals surface area (Å²) in [5.41, 5.74) is 0. The Kier molecular flexibility index (Phi) is 2.27. The van der Waals surface area contributed by atoms with E-state index in [2.05, 4.69) is 0 Å². The summed E-state index contributed by atoms with van der Waals surface area (Å²) in [5, 5.41) is 9.00. The van der Waals surface area contributed by atoms with Crippen LogP contribution in [0, 0.1) is 5.92 Å². The van der Waals surface area contributed by atoms with E-state index >= 15 is 0 Å². The summed E-state index contributed by atoms with van der Waals surface area (Å²) < 4.78 is 22.2. The van der Waals surface area contributed by atoms with Gasteiger partial charge >= 0.3 is 0 Å². The minimum Gasteiger partial charge on any atom is -0.389 e. The van der Waals surface area contributed by atoms with Crippen LogP contribution in [0.2, 0.25) is 0 Å². The van der Waals surface area contributed by atoms with Crippen LogP contribution in [0.4, 0.5) is 0 Å². The molecule has 1 atom stereocenters. The molecule has 0 aromatic heterocycles. The van der Waals surface area contributed by atoms with Crippen LogP contribution >= 0.6 is 0 Å². The number of likely N-dealkylation sites (tertiary alicyclic amines) is 1. The molecule has 0 bridgehead atoms. The number of aliphatic hydroxyl groups excluding tert-OH is 1. The first-order chi connectivity index (χ1) is 6.48.